The summed E-state index contributed by atoms with van der Waals surface area (Å²) in [6.45, 7) is 4.41. The van der Waals surface area contributed by atoms with Gasteiger partial charge in [0.25, 0.3) is 0 Å². The first-order valence-corrected chi connectivity index (χ1v) is 8.59. The smallest absolute Gasteiger partial charge is 0.190 e. The van der Waals surface area contributed by atoms with Gasteiger partial charge in [-0.3, -0.25) is 0 Å². The molecule has 0 aliphatic carbocycles. The molecule has 0 saturated carbocycles. The van der Waals surface area contributed by atoms with Crippen molar-refractivity contribution in [3.8, 4) is 17.3 Å². The predicted octanol–water partition coefficient (Wildman–Crippen LogP) is 3.31. The second kappa shape index (κ2) is 8.62. The molecular weight excluding hydrogens is 327 g/mol. The average Bonchev–Trinajstić information content (AvgIpc) is 2.58. The number of nitrogens with zero attached hydrogens (tertiary/aromatic N) is 3. The predicted molar refractivity (Wildman–Crippen MR) is 93.3 cm³/mol. The molecule has 2 aromatic rings. The molecule has 0 unspecified atom stereocenters. The Morgan fingerprint density at radius 1 is 1.29 bits per heavy atom. The van der Waals surface area contributed by atoms with Crippen molar-refractivity contribution < 1.29 is 9.50 Å². The van der Waals surface area contributed by atoms with Crippen molar-refractivity contribution >= 4 is 17.6 Å². The normalized spacial score (nSPS) is 10.7. The van der Waals surface area contributed by atoms with E-state index in [2.05, 4.69) is 35.2 Å². The SMILES string of the molecule is CC(C)CSc1nc(NCCO)c(C#N)c(-c2ccc(F)cc2)n1. The molecule has 126 valence electrons. The van der Waals surface area contributed by atoms with E-state index in [1.54, 1.807) is 12.1 Å². The monoisotopic (exact) mass is 346 g/mol. The lowest BCUT2D eigenvalue weighted by Crippen LogP contribution is -2.11. The molecule has 0 atom stereocenters. The van der Waals surface area contributed by atoms with Crippen LogP contribution in [-0.2, 0) is 0 Å². The fourth-order valence-electron chi connectivity index (χ4n) is 1.97. The minimum Gasteiger partial charge on any atom is -0.395 e. The molecule has 0 saturated heterocycles. The maximum atomic E-state index is 13.2. The van der Waals surface area contributed by atoms with E-state index in [-0.39, 0.29) is 24.5 Å². The molecule has 2 rings (SSSR count). The Labute approximate surface area is 145 Å². The Hall–Kier alpha value is -2.17. The van der Waals surface area contributed by atoms with Gasteiger partial charge >= 0.3 is 0 Å². The van der Waals surface area contributed by atoms with Gasteiger partial charge in [-0.25, -0.2) is 14.4 Å². The molecule has 5 nitrogen and oxygen atoms in total. The second-order valence-corrected chi connectivity index (χ2v) is 6.54. The highest BCUT2D eigenvalue weighted by atomic mass is 32.2. The molecule has 7 heteroatoms. The first-order valence-electron chi connectivity index (χ1n) is 7.60. The van der Waals surface area contributed by atoms with E-state index in [0.29, 0.717) is 28.1 Å². The van der Waals surface area contributed by atoms with Crippen LogP contribution in [0, 0.1) is 23.1 Å². The Kier molecular flexibility index (Phi) is 6.53. The number of nitrogens with one attached hydrogen (secondary N) is 1. The highest BCUT2D eigenvalue weighted by Crippen LogP contribution is 2.29. The van der Waals surface area contributed by atoms with Gasteiger partial charge in [0.1, 0.15) is 23.3 Å². The molecule has 0 aliphatic heterocycles. The first kappa shape index (κ1) is 18.2. The van der Waals surface area contributed by atoms with Crippen molar-refractivity contribution in [2.75, 3.05) is 24.2 Å². The quantitative estimate of drug-likeness (QED) is 0.591. The number of hydrogen-bond donors (Lipinski definition) is 2. The van der Waals surface area contributed by atoms with Gasteiger partial charge in [-0.1, -0.05) is 25.6 Å². The molecule has 0 aliphatic rings. The summed E-state index contributed by atoms with van der Waals surface area (Å²) in [5.74, 6) is 1.35. The minimum atomic E-state index is -0.348. The van der Waals surface area contributed by atoms with E-state index in [9.17, 15) is 9.65 Å². The minimum absolute atomic E-state index is 0.0742. The number of benzene rings is 1. The molecule has 1 heterocycles. The van der Waals surface area contributed by atoms with Crippen LogP contribution in [-0.4, -0.2) is 34.0 Å². The Balaban J connectivity index is 2.50. The molecule has 0 radical (unpaired) electrons. The van der Waals surface area contributed by atoms with Crippen LogP contribution in [0.2, 0.25) is 0 Å². The fourth-order valence-corrected chi connectivity index (χ4v) is 2.76. The maximum Gasteiger partial charge on any atom is 0.190 e. The van der Waals surface area contributed by atoms with Crippen molar-refractivity contribution in [2.45, 2.75) is 19.0 Å². The summed E-state index contributed by atoms with van der Waals surface area (Å²) in [6, 6.07) is 7.95. The van der Waals surface area contributed by atoms with Crippen molar-refractivity contribution in [1.29, 1.82) is 5.26 Å². The number of hydrogen-bond acceptors (Lipinski definition) is 6. The van der Waals surface area contributed by atoms with Gasteiger partial charge in [-0.2, -0.15) is 5.26 Å². The number of halogens is 1. The van der Waals surface area contributed by atoms with Crippen LogP contribution in [0.5, 0.6) is 0 Å². The summed E-state index contributed by atoms with van der Waals surface area (Å²) < 4.78 is 13.2. The number of aromatic nitrogens is 2. The highest BCUT2D eigenvalue weighted by molar-refractivity contribution is 7.99. The number of thioether (sulfide) groups is 1. The van der Waals surface area contributed by atoms with Gasteiger partial charge < -0.3 is 10.4 Å². The van der Waals surface area contributed by atoms with E-state index in [1.807, 2.05) is 0 Å². The molecule has 0 amide bonds. The van der Waals surface area contributed by atoms with E-state index in [4.69, 9.17) is 5.11 Å². The van der Waals surface area contributed by atoms with Gasteiger partial charge in [0.2, 0.25) is 0 Å². The van der Waals surface area contributed by atoms with E-state index in [1.165, 1.54) is 23.9 Å². The number of nitriles is 1. The highest BCUT2D eigenvalue weighted by Gasteiger charge is 2.16. The standard InChI is InChI=1S/C17H19FN4OS/c1-11(2)10-24-17-21-15(12-3-5-13(18)6-4-12)14(9-19)16(22-17)20-7-8-23/h3-6,11,23H,7-8,10H2,1-2H3,(H,20,21,22). The van der Waals surface area contributed by atoms with Gasteiger partial charge in [0.05, 0.1) is 12.3 Å². The van der Waals surface area contributed by atoms with Crippen LogP contribution in [0.3, 0.4) is 0 Å². The lowest BCUT2D eigenvalue weighted by Gasteiger charge is -2.12. The van der Waals surface area contributed by atoms with Crippen LogP contribution in [0.1, 0.15) is 19.4 Å². The van der Waals surface area contributed by atoms with E-state index < -0.39 is 0 Å². The maximum absolute atomic E-state index is 13.2. The van der Waals surface area contributed by atoms with Crippen LogP contribution >= 0.6 is 11.8 Å². The van der Waals surface area contributed by atoms with Crippen LogP contribution in [0.4, 0.5) is 10.2 Å². The Morgan fingerprint density at radius 3 is 2.58 bits per heavy atom. The van der Waals surface area contributed by atoms with Gasteiger partial charge in [0.15, 0.2) is 5.16 Å². The number of anilines is 1. The zero-order chi connectivity index (χ0) is 17.5. The Morgan fingerprint density at radius 2 is 2.00 bits per heavy atom. The number of aliphatic hydroxyl groups excluding tert-OH is 1. The molecule has 1 aromatic heterocycles. The summed E-state index contributed by atoms with van der Waals surface area (Å²) in [6.07, 6.45) is 0. The van der Waals surface area contributed by atoms with Crippen molar-refractivity contribution in [3.05, 3.63) is 35.6 Å². The third kappa shape index (κ3) is 4.66. The summed E-state index contributed by atoms with van der Waals surface area (Å²) in [7, 11) is 0. The van der Waals surface area contributed by atoms with E-state index in [0.717, 1.165) is 5.75 Å². The molecule has 0 fully saturated rings. The van der Waals surface area contributed by atoms with Crippen molar-refractivity contribution in [1.82, 2.24) is 9.97 Å². The molecule has 1 aromatic carbocycles. The van der Waals surface area contributed by atoms with Crippen molar-refractivity contribution in [3.63, 3.8) is 0 Å². The summed E-state index contributed by atoms with van der Waals surface area (Å²) >= 11 is 1.50. The fraction of sp³-hybridized carbons (Fsp3) is 0.353. The van der Waals surface area contributed by atoms with Crippen molar-refractivity contribution in [2.24, 2.45) is 5.92 Å². The molecule has 24 heavy (non-hydrogen) atoms. The van der Waals surface area contributed by atoms with Gasteiger partial charge in [-0.05, 0) is 30.2 Å². The largest absolute Gasteiger partial charge is 0.395 e. The zero-order valence-electron chi connectivity index (χ0n) is 13.6. The van der Waals surface area contributed by atoms with Gasteiger partial charge in [-0.15, -0.1) is 0 Å². The van der Waals surface area contributed by atoms with Crippen LogP contribution in [0.25, 0.3) is 11.3 Å². The number of aliphatic hydroxyl groups is 1. The third-order valence-corrected chi connectivity index (χ3v) is 4.34. The lowest BCUT2D eigenvalue weighted by atomic mass is 10.1. The summed E-state index contributed by atoms with van der Waals surface area (Å²) in [5.41, 5.74) is 1.39. The van der Waals surface area contributed by atoms with E-state index >= 15 is 0 Å². The Bertz CT molecular complexity index is 729. The second-order valence-electron chi connectivity index (χ2n) is 5.55. The third-order valence-electron chi connectivity index (χ3n) is 3.07. The zero-order valence-corrected chi connectivity index (χ0v) is 14.4. The summed E-state index contributed by atoms with van der Waals surface area (Å²) in [4.78, 5) is 8.88. The van der Waals surface area contributed by atoms with Crippen LogP contribution in [0.15, 0.2) is 29.4 Å². The van der Waals surface area contributed by atoms with Crippen LogP contribution < -0.4 is 5.32 Å². The molecule has 0 bridgehead atoms. The molecular formula is C17H19FN4OS. The topological polar surface area (TPSA) is 81.8 Å². The first-order chi connectivity index (χ1) is 11.5. The lowest BCUT2D eigenvalue weighted by molar-refractivity contribution is 0.311. The average molecular weight is 346 g/mol. The number of rotatable bonds is 7. The van der Waals surface area contributed by atoms with Gasteiger partial charge in [0, 0.05) is 17.9 Å². The molecule has 2 N–H and O–H groups in total. The molecule has 0 spiro atoms. The summed E-state index contributed by atoms with van der Waals surface area (Å²) in [5, 5.41) is 22.0.